The fourth-order valence-corrected chi connectivity index (χ4v) is 2.64. The van der Waals surface area contributed by atoms with Crippen LogP contribution in [0.5, 0.6) is 0 Å². The highest BCUT2D eigenvalue weighted by Gasteiger charge is 2.18. The van der Waals surface area contributed by atoms with Crippen LogP contribution in [0.4, 0.5) is 0 Å². The minimum atomic E-state index is -0.516. The second kappa shape index (κ2) is 5.59. The van der Waals surface area contributed by atoms with E-state index in [0.29, 0.717) is 0 Å². The van der Waals surface area contributed by atoms with Crippen molar-refractivity contribution in [2.45, 2.75) is 39.7 Å². The molecular weight excluding hydrogens is 302 g/mol. The van der Waals surface area contributed by atoms with Gasteiger partial charge in [0.15, 0.2) is 0 Å². The monoisotopic (exact) mass is 321 g/mol. The Morgan fingerprint density at radius 3 is 2.63 bits per heavy atom. The van der Waals surface area contributed by atoms with E-state index in [-0.39, 0.29) is 5.41 Å². The summed E-state index contributed by atoms with van der Waals surface area (Å²) < 4.78 is 0.882. The van der Waals surface area contributed by atoms with Crippen molar-refractivity contribution in [3.63, 3.8) is 0 Å². The first-order valence-electron chi connectivity index (χ1n) is 6.60. The number of halogens is 1. The third-order valence-corrected chi connectivity index (χ3v) is 3.82. The van der Waals surface area contributed by atoms with Gasteiger partial charge in [-0.2, -0.15) is 0 Å². The molecule has 0 bridgehead atoms. The number of aliphatic hydroxyl groups excluding tert-OH is 1. The van der Waals surface area contributed by atoms with Crippen molar-refractivity contribution < 1.29 is 5.11 Å². The fraction of sp³-hybridized carbons (Fsp3) is 0.438. The lowest BCUT2D eigenvalue weighted by Crippen LogP contribution is -2.09. The Labute approximate surface area is 123 Å². The normalized spacial score (nSPS) is 13.7. The average Bonchev–Trinajstić information content (AvgIpc) is 2.34. The number of aromatic nitrogens is 1. The number of nitrogens with zero attached hydrogens (tertiary/aromatic N) is 1. The van der Waals surface area contributed by atoms with Crippen molar-refractivity contribution in [1.82, 2.24) is 4.98 Å². The molecule has 1 atom stereocenters. The highest BCUT2D eigenvalue weighted by molar-refractivity contribution is 9.10. The number of aliphatic hydroxyl groups is 1. The summed E-state index contributed by atoms with van der Waals surface area (Å²) >= 11 is 3.52. The topological polar surface area (TPSA) is 33.1 Å². The summed E-state index contributed by atoms with van der Waals surface area (Å²) in [6.45, 7) is 6.55. The maximum absolute atomic E-state index is 10.3. The smallest absolute Gasteiger partial charge is 0.0971 e. The SMILES string of the molecule is CC(C)(C)CCC(O)c1nc2ccccc2cc1Br. The molecule has 1 N–H and O–H groups in total. The second-order valence-electron chi connectivity index (χ2n) is 6.16. The van der Waals surface area contributed by atoms with E-state index in [0.717, 1.165) is 33.9 Å². The van der Waals surface area contributed by atoms with Crippen LogP contribution in [0.1, 0.15) is 45.4 Å². The number of benzene rings is 1. The van der Waals surface area contributed by atoms with Gasteiger partial charge in [-0.25, -0.2) is 4.98 Å². The van der Waals surface area contributed by atoms with Gasteiger partial charge in [0, 0.05) is 9.86 Å². The largest absolute Gasteiger partial charge is 0.387 e. The maximum Gasteiger partial charge on any atom is 0.0971 e. The van der Waals surface area contributed by atoms with Gasteiger partial charge in [0.2, 0.25) is 0 Å². The number of para-hydroxylation sites is 1. The summed E-state index contributed by atoms with van der Waals surface area (Å²) in [6.07, 6.45) is 1.18. The zero-order chi connectivity index (χ0) is 14.0. The van der Waals surface area contributed by atoms with E-state index in [9.17, 15) is 5.11 Å². The van der Waals surface area contributed by atoms with E-state index in [4.69, 9.17) is 0 Å². The lowest BCUT2D eigenvalue weighted by Gasteiger charge is -2.20. The number of rotatable bonds is 3. The van der Waals surface area contributed by atoms with E-state index in [2.05, 4.69) is 41.7 Å². The molecule has 0 aliphatic rings. The van der Waals surface area contributed by atoms with Gasteiger partial charge >= 0.3 is 0 Å². The van der Waals surface area contributed by atoms with Crippen LogP contribution in [-0.4, -0.2) is 10.1 Å². The molecule has 3 heteroatoms. The molecule has 0 amide bonds. The predicted octanol–water partition coefficient (Wildman–Crippen LogP) is 4.86. The molecule has 1 unspecified atom stereocenters. The Hall–Kier alpha value is -0.930. The summed E-state index contributed by atoms with van der Waals surface area (Å²) in [5.41, 5.74) is 1.89. The summed E-state index contributed by atoms with van der Waals surface area (Å²) in [6, 6.07) is 9.98. The van der Waals surface area contributed by atoms with E-state index in [1.165, 1.54) is 0 Å². The van der Waals surface area contributed by atoms with Crippen molar-refractivity contribution >= 4 is 26.8 Å². The van der Waals surface area contributed by atoms with Crippen molar-refractivity contribution in [1.29, 1.82) is 0 Å². The van der Waals surface area contributed by atoms with Crippen LogP contribution in [0.2, 0.25) is 0 Å². The van der Waals surface area contributed by atoms with Crippen LogP contribution in [0.25, 0.3) is 10.9 Å². The van der Waals surface area contributed by atoms with Crippen molar-refractivity contribution in [2.75, 3.05) is 0 Å². The molecule has 0 spiro atoms. The molecule has 0 radical (unpaired) electrons. The van der Waals surface area contributed by atoms with Gasteiger partial charge < -0.3 is 5.11 Å². The van der Waals surface area contributed by atoms with Gasteiger partial charge in [0.05, 0.1) is 17.3 Å². The van der Waals surface area contributed by atoms with Gasteiger partial charge in [-0.15, -0.1) is 0 Å². The number of pyridine rings is 1. The van der Waals surface area contributed by atoms with Crippen LogP contribution in [0.15, 0.2) is 34.8 Å². The Morgan fingerprint density at radius 1 is 1.26 bits per heavy atom. The van der Waals surface area contributed by atoms with Crippen molar-refractivity contribution in [3.8, 4) is 0 Å². The maximum atomic E-state index is 10.3. The molecule has 0 aliphatic carbocycles. The standard InChI is InChI=1S/C16H20BrNO/c1-16(2,3)9-8-14(19)15-12(17)10-11-6-4-5-7-13(11)18-15/h4-7,10,14,19H,8-9H2,1-3H3. The minimum Gasteiger partial charge on any atom is -0.387 e. The van der Waals surface area contributed by atoms with E-state index >= 15 is 0 Å². The van der Waals surface area contributed by atoms with E-state index in [1.54, 1.807) is 0 Å². The van der Waals surface area contributed by atoms with Gasteiger partial charge in [-0.1, -0.05) is 39.0 Å². The minimum absolute atomic E-state index is 0.226. The molecule has 19 heavy (non-hydrogen) atoms. The summed E-state index contributed by atoms with van der Waals surface area (Å²) in [4.78, 5) is 4.58. The third kappa shape index (κ3) is 3.77. The van der Waals surface area contributed by atoms with Gasteiger partial charge in [0.25, 0.3) is 0 Å². The Balaban J connectivity index is 2.26. The number of fused-ring (bicyclic) bond motifs is 1. The van der Waals surface area contributed by atoms with Crippen LogP contribution >= 0.6 is 15.9 Å². The molecular formula is C16H20BrNO. The fourth-order valence-electron chi connectivity index (χ4n) is 2.05. The molecule has 0 saturated carbocycles. The highest BCUT2D eigenvalue weighted by Crippen LogP contribution is 2.31. The molecule has 1 heterocycles. The Kier molecular flexibility index (Phi) is 4.26. The average molecular weight is 322 g/mol. The number of hydrogen-bond acceptors (Lipinski definition) is 2. The first-order valence-corrected chi connectivity index (χ1v) is 7.39. The summed E-state index contributed by atoms with van der Waals surface area (Å²) in [7, 11) is 0. The van der Waals surface area contributed by atoms with Crippen LogP contribution in [0.3, 0.4) is 0 Å². The van der Waals surface area contributed by atoms with Gasteiger partial charge in [-0.05, 0) is 46.3 Å². The molecule has 0 saturated heterocycles. The zero-order valence-electron chi connectivity index (χ0n) is 11.7. The first kappa shape index (κ1) is 14.5. The molecule has 102 valence electrons. The molecule has 1 aromatic carbocycles. The van der Waals surface area contributed by atoms with E-state index in [1.807, 2.05) is 30.3 Å². The predicted molar refractivity (Wildman–Crippen MR) is 83.1 cm³/mol. The van der Waals surface area contributed by atoms with E-state index < -0.39 is 6.10 Å². The highest BCUT2D eigenvalue weighted by atomic mass is 79.9. The second-order valence-corrected chi connectivity index (χ2v) is 7.02. The summed E-state index contributed by atoms with van der Waals surface area (Å²) in [5, 5.41) is 11.4. The zero-order valence-corrected chi connectivity index (χ0v) is 13.2. The molecule has 1 aromatic heterocycles. The Bertz CT molecular complexity index is 574. The molecule has 0 fully saturated rings. The molecule has 0 aliphatic heterocycles. The summed E-state index contributed by atoms with van der Waals surface area (Å²) in [5.74, 6) is 0. The number of hydrogen-bond donors (Lipinski definition) is 1. The lowest BCUT2D eigenvalue weighted by molar-refractivity contribution is 0.143. The third-order valence-electron chi connectivity index (χ3n) is 3.19. The lowest BCUT2D eigenvalue weighted by atomic mass is 9.88. The molecule has 2 aromatic rings. The van der Waals surface area contributed by atoms with Crippen LogP contribution < -0.4 is 0 Å². The Morgan fingerprint density at radius 2 is 1.95 bits per heavy atom. The quantitative estimate of drug-likeness (QED) is 0.875. The molecule has 2 nitrogen and oxygen atoms in total. The van der Waals surface area contributed by atoms with Crippen molar-refractivity contribution in [2.24, 2.45) is 5.41 Å². The van der Waals surface area contributed by atoms with Crippen LogP contribution in [0, 0.1) is 5.41 Å². The van der Waals surface area contributed by atoms with Gasteiger partial charge in [0.1, 0.15) is 0 Å². The van der Waals surface area contributed by atoms with Crippen LogP contribution in [-0.2, 0) is 0 Å². The van der Waals surface area contributed by atoms with Crippen molar-refractivity contribution in [3.05, 3.63) is 40.5 Å². The molecule has 2 rings (SSSR count). The van der Waals surface area contributed by atoms with Gasteiger partial charge in [-0.3, -0.25) is 0 Å². The first-order chi connectivity index (χ1) is 8.87.